The van der Waals surface area contributed by atoms with Gasteiger partial charge in [-0.15, -0.1) is 0 Å². The van der Waals surface area contributed by atoms with E-state index in [0.717, 1.165) is 5.57 Å². The van der Waals surface area contributed by atoms with Crippen molar-refractivity contribution in [3.63, 3.8) is 0 Å². The Balaban J connectivity index is 2.48. The van der Waals surface area contributed by atoms with Crippen molar-refractivity contribution in [3.8, 4) is 0 Å². The second-order valence-electron chi connectivity index (χ2n) is 4.22. The van der Waals surface area contributed by atoms with Crippen molar-refractivity contribution in [2.24, 2.45) is 5.41 Å². The summed E-state index contributed by atoms with van der Waals surface area (Å²) >= 11 is 0. The zero-order chi connectivity index (χ0) is 9.64. The number of aliphatic hydroxyl groups is 2. The van der Waals surface area contributed by atoms with Crippen molar-refractivity contribution in [2.45, 2.75) is 38.7 Å². The van der Waals surface area contributed by atoms with Crippen LogP contribution in [0.15, 0.2) is 11.3 Å². The number of ketones is 1. The lowest BCUT2D eigenvalue weighted by molar-refractivity contribution is -0.119. The number of hydrogen-bond donors (Lipinski definition) is 2. The summed E-state index contributed by atoms with van der Waals surface area (Å²) in [7, 11) is 0. The number of aliphatic hydroxyl groups excluding tert-OH is 2. The van der Waals surface area contributed by atoms with Crippen LogP contribution < -0.4 is 0 Å². The summed E-state index contributed by atoms with van der Waals surface area (Å²) in [5, 5.41) is 19.3. The number of hydrogen-bond acceptors (Lipinski definition) is 3. The predicted octanol–water partition coefficient (Wildman–Crippen LogP) is 1.32. The molecule has 0 aromatic heterocycles. The van der Waals surface area contributed by atoms with Crippen LogP contribution in [0.3, 0.4) is 0 Å². The fraction of sp³-hybridized carbons (Fsp3) is 0.700. The molecule has 1 fully saturated rings. The number of Topliss-reactive ketones (excluding diaryl/α,β-unsaturated/α-hetero) is 1. The molecule has 0 bridgehead atoms. The van der Waals surface area contributed by atoms with E-state index < -0.39 is 6.10 Å². The standard InChI is InChI=1S/C10H14O3/c1-10-5-4-7(11)9(13)6(10)2-3-8(10)12/h8,12-13H,2-5H2,1H3. The minimum Gasteiger partial charge on any atom is -0.504 e. The maximum atomic E-state index is 11.2. The summed E-state index contributed by atoms with van der Waals surface area (Å²) in [6.45, 7) is 1.93. The zero-order valence-electron chi connectivity index (χ0n) is 7.71. The van der Waals surface area contributed by atoms with Gasteiger partial charge in [-0.3, -0.25) is 4.79 Å². The van der Waals surface area contributed by atoms with E-state index in [4.69, 9.17) is 0 Å². The van der Waals surface area contributed by atoms with Crippen molar-refractivity contribution in [1.29, 1.82) is 0 Å². The van der Waals surface area contributed by atoms with Gasteiger partial charge < -0.3 is 10.2 Å². The predicted molar refractivity (Wildman–Crippen MR) is 47.2 cm³/mol. The lowest BCUT2D eigenvalue weighted by Crippen LogP contribution is -2.33. The smallest absolute Gasteiger partial charge is 0.197 e. The summed E-state index contributed by atoms with van der Waals surface area (Å²) in [5.41, 5.74) is 0.439. The third-order valence-electron chi connectivity index (χ3n) is 3.51. The Kier molecular flexibility index (Phi) is 1.74. The topological polar surface area (TPSA) is 57.5 Å². The van der Waals surface area contributed by atoms with Gasteiger partial charge in [0.15, 0.2) is 11.5 Å². The van der Waals surface area contributed by atoms with Crippen LogP contribution in [-0.2, 0) is 4.79 Å². The summed E-state index contributed by atoms with van der Waals surface area (Å²) < 4.78 is 0. The van der Waals surface area contributed by atoms with Gasteiger partial charge >= 0.3 is 0 Å². The van der Waals surface area contributed by atoms with Crippen LogP contribution in [0.2, 0.25) is 0 Å². The molecule has 0 saturated heterocycles. The average molecular weight is 182 g/mol. The Hall–Kier alpha value is -0.830. The SMILES string of the molecule is CC12CCC(=O)C(O)=C1CCC2O. The molecule has 3 nitrogen and oxygen atoms in total. The summed E-state index contributed by atoms with van der Waals surface area (Å²) in [6, 6.07) is 0. The van der Waals surface area contributed by atoms with Gasteiger partial charge in [-0.05, 0) is 24.8 Å². The lowest BCUT2D eigenvalue weighted by Gasteiger charge is -2.33. The summed E-state index contributed by atoms with van der Waals surface area (Å²) in [6.07, 6.45) is 1.98. The van der Waals surface area contributed by atoms with Crippen molar-refractivity contribution in [1.82, 2.24) is 0 Å². The molecule has 2 unspecified atom stereocenters. The van der Waals surface area contributed by atoms with E-state index >= 15 is 0 Å². The molecule has 0 aliphatic heterocycles. The number of carbonyl (C=O) groups is 1. The zero-order valence-corrected chi connectivity index (χ0v) is 7.71. The molecule has 2 atom stereocenters. The summed E-state index contributed by atoms with van der Waals surface area (Å²) in [5.74, 6) is -0.244. The molecular weight excluding hydrogens is 168 g/mol. The fourth-order valence-electron chi connectivity index (χ4n) is 2.45. The highest BCUT2D eigenvalue weighted by Gasteiger charge is 2.47. The Morgan fingerprint density at radius 2 is 2.15 bits per heavy atom. The number of carbonyl (C=O) groups excluding carboxylic acids is 1. The average Bonchev–Trinajstić information content (AvgIpc) is 2.39. The van der Waals surface area contributed by atoms with E-state index in [2.05, 4.69) is 0 Å². The molecule has 2 aliphatic rings. The van der Waals surface area contributed by atoms with Crippen LogP contribution in [0.5, 0.6) is 0 Å². The molecule has 0 spiro atoms. The van der Waals surface area contributed by atoms with Crippen LogP contribution in [-0.4, -0.2) is 22.1 Å². The first-order valence-corrected chi connectivity index (χ1v) is 4.69. The van der Waals surface area contributed by atoms with Crippen molar-refractivity contribution < 1.29 is 15.0 Å². The lowest BCUT2D eigenvalue weighted by atomic mass is 9.73. The molecule has 3 heteroatoms. The van der Waals surface area contributed by atoms with Crippen LogP contribution in [0.1, 0.15) is 32.6 Å². The van der Waals surface area contributed by atoms with Crippen LogP contribution in [0.4, 0.5) is 0 Å². The largest absolute Gasteiger partial charge is 0.504 e. The van der Waals surface area contributed by atoms with Crippen molar-refractivity contribution in [2.75, 3.05) is 0 Å². The van der Waals surface area contributed by atoms with Gasteiger partial charge in [0.05, 0.1) is 6.10 Å². The first kappa shape index (κ1) is 8.75. The first-order chi connectivity index (χ1) is 6.05. The maximum Gasteiger partial charge on any atom is 0.197 e. The molecule has 0 amide bonds. The van der Waals surface area contributed by atoms with Crippen molar-refractivity contribution >= 4 is 5.78 Å². The second-order valence-corrected chi connectivity index (χ2v) is 4.22. The van der Waals surface area contributed by atoms with E-state index in [1.54, 1.807) is 0 Å². The van der Waals surface area contributed by atoms with Crippen LogP contribution in [0.25, 0.3) is 0 Å². The number of rotatable bonds is 0. The minimum atomic E-state index is -0.391. The van der Waals surface area contributed by atoms with Gasteiger partial charge in [-0.2, -0.15) is 0 Å². The van der Waals surface area contributed by atoms with E-state index in [1.807, 2.05) is 6.92 Å². The molecule has 1 saturated carbocycles. The van der Waals surface area contributed by atoms with Gasteiger partial charge in [0, 0.05) is 11.8 Å². The third-order valence-corrected chi connectivity index (χ3v) is 3.51. The van der Waals surface area contributed by atoms with Gasteiger partial charge in [0.25, 0.3) is 0 Å². The number of allylic oxidation sites excluding steroid dienone is 1. The van der Waals surface area contributed by atoms with E-state index in [-0.39, 0.29) is 17.0 Å². The first-order valence-electron chi connectivity index (χ1n) is 4.69. The fourth-order valence-corrected chi connectivity index (χ4v) is 2.45. The van der Waals surface area contributed by atoms with E-state index in [1.165, 1.54) is 0 Å². The van der Waals surface area contributed by atoms with Gasteiger partial charge in [-0.25, -0.2) is 0 Å². The van der Waals surface area contributed by atoms with Gasteiger partial charge in [-0.1, -0.05) is 6.92 Å². The Morgan fingerprint density at radius 3 is 2.85 bits per heavy atom. The van der Waals surface area contributed by atoms with Gasteiger partial charge in [0.2, 0.25) is 0 Å². The quantitative estimate of drug-likeness (QED) is 0.594. The minimum absolute atomic E-state index is 0.0784. The normalized spacial score (nSPS) is 39.5. The molecular formula is C10H14O3. The van der Waals surface area contributed by atoms with Crippen LogP contribution >= 0.6 is 0 Å². The van der Waals surface area contributed by atoms with Crippen LogP contribution in [0, 0.1) is 5.41 Å². The molecule has 0 heterocycles. The molecule has 0 radical (unpaired) electrons. The monoisotopic (exact) mass is 182 g/mol. The molecule has 2 rings (SSSR count). The molecule has 13 heavy (non-hydrogen) atoms. The molecule has 72 valence electrons. The highest BCUT2D eigenvalue weighted by Crippen LogP contribution is 2.49. The number of fused-ring (bicyclic) bond motifs is 1. The Labute approximate surface area is 77.1 Å². The second kappa shape index (κ2) is 2.58. The van der Waals surface area contributed by atoms with E-state index in [9.17, 15) is 15.0 Å². The molecule has 2 N–H and O–H groups in total. The Bertz CT molecular complexity index is 293. The highest BCUT2D eigenvalue weighted by molar-refractivity contribution is 5.95. The maximum absolute atomic E-state index is 11.2. The Morgan fingerprint density at radius 1 is 1.46 bits per heavy atom. The van der Waals surface area contributed by atoms with E-state index in [0.29, 0.717) is 25.7 Å². The summed E-state index contributed by atoms with van der Waals surface area (Å²) in [4.78, 5) is 11.2. The molecule has 2 aliphatic carbocycles. The molecule has 0 aromatic carbocycles. The van der Waals surface area contributed by atoms with Gasteiger partial charge in [0.1, 0.15) is 0 Å². The molecule has 0 aromatic rings. The highest BCUT2D eigenvalue weighted by atomic mass is 16.3. The van der Waals surface area contributed by atoms with Crippen molar-refractivity contribution in [3.05, 3.63) is 11.3 Å². The third kappa shape index (κ3) is 1.03.